The number of rotatable bonds is 6. The second-order valence-corrected chi connectivity index (χ2v) is 6.04. The highest BCUT2D eigenvalue weighted by Crippen LogP contribution is 2.28. The van der Waals surface area contributed by atoms with Gasteiger partial charge in [0.25, 0.3) is 5.56 Å². The number of fused-ring (bicyclic) bond motifs is 1. The van der Waals surface area contributed by atoms with Crippen LogP contribution in [0.3, 0.4) is 0 Å². The minimum absolute atomic E-state index is 0.0737. The lowest BCUT2D eigenvalue weighted by atomic mass is 10.1. The van der Waals surface area contributed by atoms with Gasteiger partial charge in [-0.2, -0.15) is 0 Å². The number of aromatic nitrogens is 1. The number of hydrogen-bond donors (Lipinski definition) is 1. The Hall–Kier alpha value is -2.96. The van der Waals surface area contributed by atoms with Gasteiger partial charge in [0.15, 0.2) is 6.29 Å². The zero-order valence-electron chi connectivity index (χ0n) is 15.5. The summed E-state index contributed by atoms with van der Waals surface area (Å²) >= 11 is 0. The Morgan fingerprint density at radius 1 is 1.07 bits per heavy atom. The van der Waals surface area contributed by atoms with E-state index in [0.29, 0.717) is 16.6 Å². The van der Waals surface area contributed by atoms with Gasteiger partial charge in [0, 0.05) is 31.0 Å². The normalized spacial score (nSPS) is 12.1. The molecule has 1 heterocycles. The van der Waals surface area contributed by atoms with Crippen LogP contribution in [0.15, 0.2) is 64.4 Å². The standard InChI is InChI=1S/C21H22N2O4/c1-14(22-13-18(26-2)27-3)19-20(24)16-11-7-8-12-17(16)23(21(19)25)15-9-5-4-6-10-15/h4-12,18,24H,13H2,1-3H3. The summed E-state index contributed by atoms with van der Waals surface area (Å²) in [4.78, 5) is 17.7. The van der Waals surface area contributed by atoms with Crippen molar-refractivity contribution >= 4 is 16.6 Å². The number of ether oxygens (including phenoxy) is 2. The van der Waals surface area contributed by atoms with Crippen LogP contribution in [0.4, 0.5) is 0 Å². The summed E-state index contributed by atoms with van der Waals surface area (Å²) in [6.07, 6.45) is -0.515. The number of pyridine rings is 1. The van der Waals surface area contributed by atoms with E-state index in [9.17, 15) is 9.90 Å². The van der Waals surface area contributed by atoms with E-state index in [1.54, 1.807) is 17.6 Å². The van der Waals surface area contributed by atoms with Gasteiger partial charge < -0.3 is 14.6 Å². The van der Waals surface area contributed by atoms with Gasteiger partial charge in [-0.3, -0.25) is 14.4 Å². The molecule has 3 aromatic rings. The van der Waals surface area contributed by atoms with Crippen molar-refractivity contribution < 1.29 is 14.6 Å². The summed E-state index contributed by atoms with van der Waals surface area (Å²) in [5.74, 6) is -0.0737. The molecule has 0 aliphatic rings. The number of para-hydroxylation sites is 2. The molecule has 140 valence electrons. The molecule has 0 spiro atoms. The van der Waals surface area contributed by atoms with Crippen LogP contribution < -0.4 is 5.56 Å². The van der Waals surface area contributed by atoms with Gasteiger partial charge in [-0.1, -0.05) is 30.3 Å². The van der Waals surface area contributed by atoms with Gasteiger partial charge in [0.05, 0.1) is 12.1 Å². The van der Waals surface area contributed by atoms with Crippen molar-refractivity contribution in [2.24, 2.45) is 4.99 Å². The molecule has 0 unspecified atom stereocenters. The van der Waals surface area contributed by atoms with Crippen molar-refractivity contribution in [3.8, 4) is 11.4 Å². The van der Waals surface area contributed by atoms with Gasteiger partial charge in [-0.25, -0.2) is 0 Å². The second kappa shape index (κ2) is 8.16. The predicted molar refractivity (Wildman–Crippen MR) is 106 cm³/mol. The van der Waals surface area contributed by atoms with Crippen molar-refractivity contribution in [1.29, 1.82) is 0 Å². The van der Waals surface area contributed by atoms with Crippen LogP contribution in [0.5, 0.6) is 5.75 Å². The molecule has 0 bridgehead atoms. The Morgan fingerprint density at radius 3 is 2.37 bits per heavy atom. The van der Waals surface area contributed by atoms with Gasteiger partial charge in [0.2, 0.25) is 0 Å². The summed E-state index contributed by atoms with van der Waals surface area (Å²) in [7, 11) is 3.05. The van der Waals surface area contributed by atoms with Crippen molar-refractivity contribution in [2.45, 2.75) is 13.2 Å². The average molecular weight is 366 g/mol. The highest BCUT2D eigenvalue weighted by Gasteiger charge is 2.19. The van der Waals surface area contributed by atoms with Crippen molar-refractivity contribution in [3.05, 3.63) is 70.5 Å². The summed E-state index contributed by atoms with van der Waals surface area (Å²) in [6.45, 7) is 1.92. The third-order valence-electron chi connectivity index (χ3n) is 4.43. The van der Waals surface area contributed by atoms with Crippen LogP contribution in [0, 0.1) is 0 Å². The van der Waals surface area contributed by atoms with Crippen LogP contribution in [-0.2, 0) is 9.47 Å². The van der Waals surface area contributed by atoms with E-state index in [4.69, 9.17) is 9.47 Å². The topological polar surface area (TPSA) is 73.0 Å². The smallest absolute Gasteiger partial charge is 0.268 e. The number of benzene rings is 2. The molecule has 3 rings (SSSR count). The SMILES string of the molecule is COC(CN=C(C)c1c(O)c2ccccc2n(-c2ccccc2)c1=O)OC. The fourth-order valence-corrected chi connectivity index (χ4v) is 3.02. The number of aromatic hydroxyl groups is 1. The molecule has 0 saturated heterocycles. The van der Waals surface area contributed by atoms with E-state index in [1.807, 2.05) is 48.5 Å². The van der Waals surface area contributed by atoms with Crippen LogP contribution in [0.25, 0.3) is 16.6 Å². The van der Waals surface area contributed by atoms with Crippen molar-refractivity contribution in [3.63, 3.8) is 0 Å². The molecule has 6 heteroatoms. The lowest BCUT2D eigenvalue weighted by molar-refractivity contribution is -0.0936. The maximum Gasteiger partial charge on any atom is 0.268 e. The Morgan fingerprint density at radius 2 is 1.70 bits per heavy atom. The minimum Gasteiger partial charge on any atom is -0.506 e. The second-order valence-electron chi connectivity index (χ2n) is 6.04. The largest absolute Gasteiger partial charge is 0.506 e. The number of methoxy groups -OCH3 is 2. The van der Waals surface area contributed by atoms with Gasteiger partial charge in [0.1, 0.15) is 11.3 Å². The van der Waals surface area contributed by atoms with Crippen molar-refractivity contribution in [2.75, 3.05) is 20.8 Å². The average Bonchev–Trinajstić information content (AvgIpc) is 2.70. The monoisotopic (exact) mass is 366 g/mol. The third-order valence-corrected chi connectivity index (χ3v) is 4.43. The molecule has 1 aromatic heterocycles. The molecule has 0 atom stereocenters. The van der Waals surface area contributed by atoms with Crippen LogP contribution in [-0.4, -0.2) is 42.4 Å². The van der Waals surface area contributed by atoms with E-state index >= 15 is 0 Å². The first-order valence-corrected chi connectivity index (χ1v) is 8.57. The molecule has 27 heavy (non-hydrogen) atoms. The van der Waals surface area contributed by atoms with E-state index in [0.717, 1.165) is 5.69 Å². The molecule has 0 saturated carbocycles. The van der Waals surface area contributed by atoms with Gasteiger partial charge in [-0.15, -0.1) is 0 Å². The number of hydrogen-bond acceptors (Lipinski definition) is 5. The van der Waals surface area contributed by atoms with E-state index in [1.165, 1.54) is 14.2 Å². The van der Waals surface area contributed by atoms with E-state index in [-0.39, 0.29) is 23.4 Å². The number of nitrogens with zero attached hydrogens (tertiary/aromatic N) is 2. The highest BCUT2D eigenvalue weighted by molar-refractivity contribution is 6.05. The first kappa shape index (κ1) is 18.8. The fourth-order valence-electron chi connectivity index (χ4n) is 3.02. The summed E-state index contributed by atoms with van der Waals surface area (Å²) < 4.78 is 11.9. The summed E-state index contributed by atoms with van der Waals surface area (Å²) in [5, 5.41) is 11.4. The maximum absolute atomic E-state index is 13.3. The van der Waals surface area contributed by atoms with Crippen LogP contribution in [0.2, 0.25) is 0 Å². The first-order valence-electron chi connectivity index (χ1n) is 8.57. The van der Waals surface area contributed by atoms with Crippen molar-refractivity contribution in [1.82, 2.24) is 4.57 Å². The zero-order chi connectivity index (χ0) is 19.4. The molecular weight excluding hydrogens is 344 g/mol. The lowest BCUT2D eigenvalue weighted by Gasteiger charge is -2.16. The van der Waals surface area contributed by atoms with Crippen LogP contribution >= 0.6 is 0 Å². The Balaban J connectivity index is 2.25. The molecule has 0 aliphatic carbocycles. The number of aliphatic imine (C=N–C) groups is 1. The molecule has 0 fully saturated rings. The van der Waals surface area contributed by atoms with E-state index in [2.05, 4.69) is 4.99 Å². The quantitative estimate of drug-likeness (QED) is 0.537. The van der Waals surface area contributed by atoms with Gasteiger partial charge >= 0.3 is 0 Å². The molecule has 1 N–H and O–H groups in total. The Kier molecular flexibility index (Phi) is 5.69. The Labute approximate surface area is 157 Å². The lowest BCUT2D eigenvalue weighted by Crippen LogP contribution is -2.26. The summed E-state index contributed by atoms with van der Waals surface area (Å²) in [5.41, 5.74) is 1.62. The fraction of sp³-hybridized carbons (Fsp3) is 0.238. The molecular formula is C21H22N2O4. The Bertz CT molecular complexity index is 1020. The molecule has 6 nitrogen and oxygen atoms in total. The molecule has 0 radical (unpaired) electrons. The highest BCUT2D eigenvalue weighted by atomic mass is 16.7. The predicted octanol–water partition coefficient (Wildman–Crippen LogP) is 3.12. The maximum atomic E-state index is 13.3. The molecule has 2 aromatic carbocycles. The van der Waals surface area contributed by atoms with E-state index < -0.39 is 6.29 Å². The molecule has 0 amide bonds. The molecule has 0 aliphatic heterocycles. The minimum atomic E-state index is -0.515. The van der Waals surface area contributed by atoms with Gasteiger partial charge in [-0.05, 0) is 31.2 Å². The first-order chi connectivity index (χ1) is 13.1. The summed E-state index contributed by atoms with van der Waals surface area (Å²) in [6, 6.07) is 16.6. The zero-order valence-corrected chi connectivity index (χ0v) is 15.5. The third kappa shape index (κ3) is 3.63. The van der Waals surface area contributed by atoms with Crippen LogP contribution in [0.1, 0.15) is 12.5 Å².